The molecule has 0 aliphatic heterocycles. The Kier molecular flexibility index (Phi) is 4.18. The molecule has 0 spiro atoms. The molecule has 3 rings (SSSR count). The second kappa shape index (κ2) is 6.25. The Morgan fingerprint density at radius 2 is 2.19 bits per heavy atom. The summed E-state index contributed by atoms with van der Waals surface area (Å²) in [5.74, 6) is 0.961. The molecule has 0 amide bonds. The Balaban J connectivity index is 1.82. The summed E-state index contributed by atoms with van der Waals surface area (Å²) < 4.78 is 1.91. The first kappa shape index (κ1) is 14.1. The lowest BCUT2D eigenvalue weighted by Gasteiger charge is -2.11. The molecule has 2 aromatic heterocycles. The maximum atomic E-state index is 5.74. The van der Waals surface area contributed by atoms with E-state index >= 15 is 0 Å². The van der Waals surface area contributed by atoms with E-state index in [1.54, 1.807) is 0 Å². The Hall–Kier alpha value is -1.90. The van der Waals surface area contributed by atoms with Gasteiger partial charge in [0.15, 0.2) is 0 Å². The zero-order valence-corrected chi connectivity index (χ0v) is 12.7. The van der Waals surface area contributed by atoms with Crippen LogP contribution in [0.5, 0.6) is 0 Å². The van der Waals surface area contributed by atoms with Crippen molar-refractivity contribution in [3.8, 4) is 0 Å². The van der Waals surface area contributed by atoms with Crippen LogP contribution < -0.4 is 11.1 Å². The molecule has 21 heavy (non-hydrogen) atoms. The van der Waals surface area contributed by atoms with Crippen LogP contribution in [0.25, 0.3) is 0 Å². The predicted octanol–water partition coefficient (Wildman–Crippen LogP) is 1.74. The maximum absolute atomic E-state index is 5.74. The third-order valence-corrected chi connectivity index (χ3v) is 4.28. The van der Waals surface area contributed by atoms with Gasteiger partial charge < -0.3 is 11.1 Å². The average molecular weight is 306 g/mol. The van der Waals surface area contributed by atoms with E-state index in [4.69, 9.17) is 5.73 Å². The molecule has 1 saturated carbocycles. The molecule has 0 saturated heterocycles. The van der Waals surface area contributed by atoms with Gasteiger partial charge in [-0.25, -0.2) is 9.67 Å². The molecule has 1 aliphatic carbocycles. The highest BCUT2D eigenvalue weighted by Crippen LogP contribution is 2.33. The van der Waals surface area contributed by atoms with Crippen molar-refractivity contribution in [3.63, 3.8) is 0 Å². The fourth-order valence-corrected chi connectivity index (χ4v) is 3.34. The van der Waals surface area contributed by atoms with Crippen LogP contribution in [-0.2, 0) is 0 Å². The topological polar surface area (TPSA) is 107 Å². The molecule has 0 unspecified atom stereocenters. The van der Waals surface area contributed by atoms with Gasteiger partial charge in [0.05, 0.1) is 6.04 Å². The fourth-order valence-electron chi connectivity index (χ4n) is 2.49. The Morgan fingerprint density at radius 1 is 1.38 bits per heavy atom. The van der Waals surface area contributed by atoms with Gasteiger partial charge in [-0.2, -0.15) is 4.98 Å². The molecule has 3 N–H and O–H groups in total. The highest BCUT2D eigenvalue weighted by Gasteiger charge is 2.22. The van der Waals surface area contributed by atoms with E-state index in [1.165, 1.54) is 24.6 Å². The molecule has 0 radical (unpaired) electrons. The summed E-state index contributed by atoms with van der Waals surface area (Å²) in [6.45, 7) is 2.78. The van der Waals surface area contributed by atoms with Crippen molar-refractivity contribution in [2.24, 2.45) is 0 Å². The molecule has 1 aliphatic rings. The van der Waals surface area contributed by atoms with Crippen LogP contribution in [0.2, 0.25) is 0 Å². The quantitative estimate of drug-likeness (QED) is 0.804. The van der Waals surface area contributed by atoms with E-state index in [9.17, 15) is 0 Å². The van der Waals surface area contributed by atoms with E-state index in [0.717, 1.165) is 29.6 Å². The van der Waals surface area contributed by atoms with Gasteiger partial charge in [0.2, 0.25) is 11.1 Å². The molecule has 2 heterocycles. The number of nitrogens with zero attached hydrogens (tertiary/aromatic N) is 6. The lowest BCUT2D eigenvalue weighted by Crippen LogP contribution is -2.08. The molecule has 0 aromatic carbocycles. The zero-order chi connectivity index (χ0) is 14.7. The Bertz CT molecular complexity index is 607. The smallest absolute Gasteiger partial charge is 0.223 e. The standard InChI is InChI=1S/C12H18N8S/c1-2-14-9-7-10(16-11(13)15-9)21-12-17-18-19-20(12)8-5-3-4-6-8/h7-8H,2-6H2,1H3,(H3,13,14,15,16). The van der Waals surface area contributed by atoms with Gasteiger partial charge in [-0.15, -0.1) is 5.10 Å². The Labute approximate surface area is 126 Å². The lowest BCUT2D eigenvalue weighted by molar-refractivity contribution is 0.423. The van der Waals surface area contributed by atoms with Crippen LogP contribution in [0.3, 0.4) is 0 Å². The lowest BCUT2D eigenvalue weighted by atomic mass is 10.3. The van der Waals surface area contributed by atoms with Crippen molar-refractivity contribution in [2.75, 3.05) is 17.6 Å². The number of hydrogen-bond donors (Lipinski definition) is 2. The van der Waals surface area contributed by atoms with E-state index in [0.29, 0.717) is 11.9 Å². The number of rotatable bonds is 5. The van der Waals surface area contributed by atoms with Crippen LogP contribution in [-0.4, -0.2) is 36.7 Å². The van der Waals surface area contributed by atoms with E-state index < -0.39 is 0 Å². The number of tetrazole rings is 1. The first-order valence-corrected chi connectivity index (χ1v) is 7.92. The van der Waals surface area contributed by atoms with Gasteiger partial charge in [0.1, 0.15) is 10.8 Å². The normalized spacial score (nSPS) is 15.5. The number of hydrogen-bond acceptors (Lipinski definition) is 8. The van der Waals surface area contributed by atoms with Crippen LogP contribution in [0.1, 0.15) is 38.6 Å². The van der Waals surface area contributed by atoms with Crippen molar-refractivity contribution in [2.45, 2.75) is 48.8 Å². The SMILES string of the molecule is CCNc1cc(Sc2nnnn2C2CCCC2)nc(N)n1. The summed E-state index contributed by atoms with van der Waals surface area (Å²) in [4.78, 5) is 8.38. The van der Waals surface area contributed by atoms with Crippen molar-refractivity contribution in [3.05, 3.63) is 6.07 Å². The molecule has 9 heteroatoms. The first-order valence-electron chi connectivity index (χ1n) is 7.10. The van der Waals surface area contributed by atoms with Crippen molar-refractivity contribution in [1.29, 1.82) is 0 Å². The molecule has 0 atom stereocenters. The molecule has 0 bridgehead atoms. The summed E-state index contributed by atoms with van der Waals surface area (Å²) in [5, 5.41) is 16.7. The number of nitrogen functional groups attached to an aromatic ring is 1. The molecular formula is C12H18N8S. The third kappa shape index (κ3) is 3.23. The number of nitrogens with one attached hydrogen (secondary N) is 1. The summed E-state index contributed by atoms with van der Waals surface area (Å²) in [7, 11) is 0. The van der Waals surface area contributed by atoms with Crippen molar-refractivity contribution < 1.29 is 0 Å². The number of anilines is 2. The number of aromatic nitrogens is 6. The average Bonchev–Trinajstić information content (AvgIpc) is 3.08. The van der Waals surface area contributed by atoms with Gasteiger partial charge in [-0.1, -0.05) is 12.8 Å². The first-order chi connectivity index (χ1) is 10.3. The second-order valence-corrected chi connectivity index (χ2v) is 5.91. The molecule has 8 nitrogen and oxygen atoms in total. The van der Waals surface area contributed by atoms with Crippen LogP contribution in [0, 0.1) is 0 Å². The van der Waals surface area contributed by atoms with Crippen LogP contribution >= 0.6 is 11.8 Å². The largest absolute Gasteiger partial charge is 0.370 e. The highest BCUT2D eigenvalue weighted by molar-refractivity contribution is 7.99. The van der Waals surface area contributed by atoms with Gasteiger partial charge in [-0.05, 0) is 42.0 Å². The molecule has 112 valence electrons. The summed E-state index contributed by atoms with van der Waals surface area (Å²) in [6, 6.07) is 2.26. The van der Waals surface area contributed by atoms with Crippen LogP contribution in [0.4, 0.5) is 11.8 Å². The monoisotopic (exact) mass is 306 g/mol. The maximum Gasteiger partial charge on any atom is 0.223 e. The summed E-state index contributed by atoms with van der Waals surface area (Å²) >= 11 is 1.42. The van der Waals surface area contributed by atoms with Crippen molar-refractivity contribution >= 4 is 23.5 Å². The molecule has 1 fully saturated rings. The van der Waals surface area contributed by atoms with Gasteiger partial charge in [-0.3, -0.25) is 0 Å². The molecular weight excluding hydrogens is 288 g/mol. The predicted molar refractivity (Wildman–Crippen MR) is 80.1 cm³/mol. The van der Waals surface area contributed by atoms with Gasteiger partial charge in [0.25, 0.3) is 0 Å². The van der Waals surface area contributed by atoms with Crippen molar-refractivity contribution in [1.82, 2.24) is 30.2 Å². The summed E-state index contributed by atoms with van der Waals surface area (Å²) in [5.41, 5.74) is 5.74. The van der Waals surface area contributed by atoms with Gasteiger partial charge >= 0.3 is 0 Å². The van der Waals surface area contributed by atoms with E-state index in [2.05, 4.69) is 30.8 Å². The minimum Gasteiger partial charge on any atom is -0.370 e. The second-order valence-electron chi connectivity index (χ2n) is 4.93. The Morgan fingerprint density at radius 3 is 2.95 bits per heavy atom. The summed E-state index contributed by atoms with van der Waals surface area (Å²) in [6.07, 6.45) is 4.74. The van der Waals surface area contributed by atoms with E-state index in [-0.39, 0.29) is 5.95 Å². The third-order valence-electron chi connectivity index (χ3n) is 3.41. The highest BCUT2D eigenvalue weighted by atomic mass is 32.2. The van der Waals surface area contributed by atoms with Crippen LogP contribution in [0.15, 0.2) is 16.2 Å². The fraction of sp³-hybridized carbons (Fsp3) is 0.583. The van der Waals surface area contributed by atoms with Gasteiger partial charge in [0, 0.05) is 12.6 Å². The van der Waals surface area contributed by atoms with E-state index in [1.807, 2.05) is 17.7 Å². The zero-order valence-electron chi connectivity index (χ0n) is 11.9. The minimum absolute atomic E-state index is 0.246. The minimum atomic E-state index is 0.246. The number of nitrogens with two attached hydrogens (primary N) is 1. The molecule has 2 aromatic rings.